The Morgan fingerprint density at radius 3 is 2.79 bits per heavy atom. The molecule has 0 radical (unpaired) electrons. The number of hydrogen-bond donors (Lipinski definition) is 2. The van der Waals surface area contributed by atoms with E-state index in [1.807, 2.05) is 0 Å². The lowest BCUT2D eigenvalue weighted by molar-refractivity contribution is -0.136. The number of nitrogens with one attached hydrogen (secondary N) is 1. The van der Waals surface area contributed by atoms with E-state index in [1.165, 1.54) is 19.3 Å². The maximum absolute atomic E-state index is 12.0. The molecule has 3 atom stereocenters. The molecule has 1 aliphatic heterocycles. The van der Waals surface area contributed by atoms with Gasteiger partial charge in [0.05, 0.1) is 12.7 Å². The van der Waals surface area contributed by atoms with Gasteiger partial charge in [-0.25, -0.2) is 0 Å². The summed E-state index contributed by atoms with van der Waals surface area (Å²) in [6.45, 7) is 3.62. The Bertz CT molecular complexity index is 288. The molecule has 19 heavy (non-hydrogen) atoms. The molecule has 3 unspecified atom stereocenters. The van der Waals surface area contributed by atoms with Crippen molar-refractivity contribution in [2.45, 2.75) is 57.3 Å². The molecule has 0 aromatic carbocycles. The number of carbonyl (C=O) groups is 1. The molecule has 2 fully saturated rings. The van der Waals surface area contributed by atoms with Gasteiger partial charge >= 0.3 is 0 Å². The van der Waals surface area contributed by atoms with Gasteiger partial charge in [0.25, 0.3) is 0 Å². The van der Waals surface area contributed by atoms with E-state index in [0.29, 0.717) is 19.1 Å². The fourth-order valence-electron chi connectivity index (χ4n) is 2.43. The Hall–Kier alpha value is -0.650. The molecule has 0 aromatic heterocycles. The molecular weight excluding hydrogens is 244 g/mol. The van der Waals surface area contributed by atoms with Crippen LogP contribution < -0.4 is 11.1 Å². The predicted molar refractivity (Wildman–Crippen MR) is 72.7 cm³/mol. The van der Waals surface area contributed by atoms with E-state index in [2.05, 4.69) is 5.32 Å². The van der Waals surface area contributed by atoms with Crippen molar-refractivity contribution in [1.82, 2.24) is 5.32 Å². The highest BCUT2D eigenvalue weighted by molar-refractivity contribution is 5.80. The van der Waals surface area contributed by atoms with E-state index >= 15 is 0 Å². The molecule has 110 valence electrons. The molecule has 1 amide bonds. The largest absolute Gasteiger partial charge is 0.376 e. The van der Waals surface area contributed by atoms with Gasteiger partial charge in [-0.1, -0.05) is 0 Å². The first-order chi connectivity index (χ1) is 9.20. The molecule has 3 N–H and O–H groups in total. The first kappa shape index (κ1) is 14.8. The third-order valence-electron chi connectivity index (χ3n) is 3.95. The first-order valence-corrected chi connectivity index (χ1v) is 7.44. The van der Waals surface area contributed by atoms with Crippen LogP contribution in [0.25, 0.3) is 0 Å². The van der Waals surface area contributed by atoms with Crippen LogP contribution in [0.2, 0.25) is 0 Å². The van der Waals surface area contributed by atoms with Crippen molar-refractivity contribution in [2.24, 2.45) is 11.7 Å². The zero-order valence-corrected chi connectivity index (χ0v) is 11.8. The predicted octanol–water partition coefficient (Wildman–Crippen LogP) is 0.814. The van der Waals surface area contributed by atoms with Crippen molar-refractivity contribution in [2.75, 3.05) is 19.8 Å². The molecule has 1 heterocycles. The molecular formula is C14H26N2O3. The van der Waals surface area contributed by atoms with Crippen molar-refractivity contribution in [3.05, 3.63) is 0 Å². The smallest absolute Gasteiger partial charge is 0.249 e. The zero-order chi connectivity index (χ0) is 13.7. The Kier molecular flexibility index (Phi) is 5.60. The van der Waals surface area contributed by atoms with Crippen molar-refractivity contribution in [3.8, 4) is 0 Å². The van der Waals surface area contributed by atoms with Crippen molar-refractivity contribution < 1.29 is 14.3 Å². The van der Waals surface area contributed by atoms with Crippen molar-refractivity contribution in [1.29, 1.82) is 0 Å². The maximum atomic E-state index is 12.0. The van der Waals surface area contributed by atoms with Crippen LogP contribution in [0.3, 0.4) is 0 Å². The van der Waals surface area contributed by atoms with Crippen molar-refractivity contribution in [3.63, 3.8) is 0 Å². The second-order valence-corrected chi connectivity index (χ2v) is 5.65. The minimum atomic E-state index is -0.432. The lowest BCUT2D eigenvalue weighted by Crippen LogP contribution is -2.46. The quantitative estimate of drug-likeness (QED) is 0.718. The van der Waals surface area contributed by atoms with Crippen LogP contribution in [0.5, 0.6) is 0 Å². The van der Waals surface area contributed by atoms with E-state index in [9.17, 15) is 4.79 Å². The van der Waals surface area contributed by atoms with Gasteiger partial charge in [0.2, 0.25) is 5.91 Å². The second kappa shape index (κ2) is 7.22. The minimum Gasteiger partial charge on any atom is -0.376 e. The standard InChI is InChI=1S/C14H26N2O3/c1-10(19-9-12-4-2-3-7-18-12)14(17)16-13(8-15)11-5-6-11/h10-13H,2-9,15H2,1H3,(H,16,17). The summed E-state index contributed by atoms with van der Waals surface area (Å²) in [5.74, 6) is 0.515. The highest BCUT2D eigenvalue weighted by Crippen LogP contribution is 2.32. The topological polar surface area (TPSA) is 73.6 Å². The zero-order valence-electron chi connectivity index (χ0n) is 11.8. The summed E-state index contributed by atoms with van der Waals surface area (Å²) in [5.41, 5.74) is 5.68. The SMILES string of the molecule is CC(OCC1CCCCO1)C(=O)NC(CN)C1CC1. The summed E-state index contributed by atoms with van der Waals surface area (Å²) in [6, 6.07) is 0.115. The molecule has 1 saturated carbocycles. The monoisotopic (exact) mass is 270 g/mol. The van der Waals surface area contributed by atoms with E-state index in [0.717, 1.165) is 19.4 Å². The molecule has 2 aliphatic rings. The fraction of sp³-hybridized carbons (Fsp3) is 0.929. The summed E-state index contributed by atoms with van der Waals surface area (Å²) in [5, 5.41) is 2.99. The van der Waals surface area contributed by atoms with Crippen LogP contribution in [0, 0.1) is 5.92 Å². The van der Waals surface area contributed by atoms with Gasteiger partial charge in [-0.2, -0.15) is 0 Å². The Morgan fingerprint density at radius 2 is 2.21 bits per heavy atom. The third-order valence-corrected chi connectivity index (χ3v) is 3.95. The van der Waals surface area contributed by atoms with Crippen LogP contribution in [-0.2, 0) is 14.3 Å². The summed E-state index contributed by atoms with van der Waals surface area (Å²) in [6.07, 6.45) is 5.41. The number of nitrogens with two attached hydrogens (primary N) is 1. The van der Waals surface area contributed by atoms with Gasteiger partial charge in [-0.3, -0.25) is 4.79 Å². The molecule has 1 saturated heterocycles. The van der Waals surface area contributed by atoms with Gasteiger partial charge in [0.15, 0.2) is 0 Å². The van der Waals surface area contributed by atoms with Gasteiger partial charge < -0.3 is 20.5 Å². The normalized spacial score (nSPS) is 26.7. The number of ether oxygens (including phenoxy) is 2. The third kappa shape index (κ3) is 4.75. The maximum Gasteiger partial charge on any atom is 0.249 e. The van der Waals surface area contributed by atoms with Crippen LogP contribution in [-0.4, -0.2) is 43.9 Å². The molecule has 1 aliphatic carbocycles. The van der Waals surface area contributed by atoms with Gasteiger partial charge in [0.1, 0.15) is 6.10 Å². The summed E-state index contributed by atoms with van der Waals surface area (Å²) < 4.78 is 11.2. The van der Waals surface area contributed by atoms with E-state index in [4.69, 9.17) is 15.2 Å². The Labute approximate surface area is 115 Å². The van der Waals surface area contributed by atoms with E-state index < -0.39 is 6.10 Å². The minimum absolute atomic E-state index is 0.0573. The van der Waals surface area contributed by atoms with E-state index in [1.54, 1.807) is 6.92 Å². The highest BCUT2D eigenvalue weighted by atomic mass is 16.5. The molecule has 2 rings (SSSR count). The second-order valence-electron chi connectivity index (χ2n) is 5.65. The average Bonchev–Trinajstić information content (AvgIpc) is 3.27. The Morgan fingerprint density at radius 1 is 1.42 bits per heavy atom. The lowest BCUT2D eigenvalue weighted by Gasteiger charge is -2.24. The molecule has 0 bridgehead atoms. The molecule has 0 aromatic rings. The highest BCUT2D eigenvalue weighted by Gasteiger charge is 2.32. The summed E-state index contributed by atoms with van der Waals surface area (Å²) in [7, 11) is 0. The average molecular weight is 270 g/mol. The lowest BCUT2D eigenvalue weighted by atomic mass is 10.1. The number of carbonyl (C=O) groups excluding carboxylic acids is 1. The van der Waals surface area contributed by atoms with Crippen LogP contribution >= 0.6 is 0 Å². The fourth-order valence-corrected chi connectivity index (χ4v) is 2.43. The van der Waals surface area contributed by atoms with Gasteiger partial charge in [0, 0.05) is 19.2 Å². The van der Waals surface area contributed by atoms with Gasteiger partial charge in [-0.05, 0) is 44.9 Å². The summed E-state index contributed by atoms with van der Waals surface area (Å²) >= 11 is 0. The molecule has 5 heteroatoms. The number of rotatable bonds is 7. The van der Waals surface area contributed by atoms with Crippen molar-refractivity contribution >= 4 is 5.91 Å². The van der Waals surface area contributed by atoms with Gasteiger partial charge in [-0.15, -0.1) is 0 Å². The Balaban J connectivity index is 1.66. The summed E-state index contributed by atoms with van der Waals surface area (Å²) in [4.78, 5) is 12.0. The number of hydrogen-bond acceptors (Lipinski definition) is 4. The van der Waals surface area contributed by atoms with Crippen LogP contribution in [0.1, 0.15) is 39.0 Å². The molecule has 0 spiro atoms. The molecule has 5 nitrogen and oxygen atoms in total. The van der Waals surface area contributed by atoms with Crippen LogP contribution in [0.15, 0.2) is 0 Å². The number of amides is 1. The van der Waals surface area contributed by atoms with Crippen LogP contribution in [0.4, 0.5) is 0 Å². The first-order valence-electron chi connectivity index (χ1n) is 7.44. The van der Waals surface area contributed by atoms with E-state index in [-0.39, 0.29) is 18.1 Å².